The van der Waals surface area contributed by atoms with Gasteiger partial charge in [0.25, 0.3) is 0 Å². The molecule has 0 fully saturated rings. The summed E-state index contributed by atoms with van der Waals surface area (Å²) in [7, 11) is 0. The maximum Gasteiger partial charge on any atom is 0.332 e. The smallest absolute Gasteiger partial charge is 0.332 e. The molecular weight excluding hydrogens is 328 g/mol. The molecule has 1 rings (SSSR count). The number of hydrogen-bond acceptors (Lipinski definition) is 3. The fourth-order valence-electron chi connectivity index (χ4n) is 2.00. The zero-order valence-corrected chi connectivity index (χ0v) is 13.6. The number of halogens is 4. The standard InChI is InChI=1S/C17H22F4O3/c1-2-24-15(22)10-11-16(18,19)17(20,21)13-23-12-6-9-14-7-4-3-5-8-14/h3-5,7-8H,2,6,9-13H2,1H3. The van der Waals surface area contributed by atoms with E-state index in [2.05, 4.69) is 4.74 Å². The van der Waals surface area contributed by atoms with Crippen molar-refractivity contribution in [1.29, 1.82) is 0 Å². The Morgan fingerprint density at radius 2 is 1.75 bits per heavy atom. The second-order valence-electron chi connectivity index (χ2n) is 5.36. The third-order valence-electron chi connectivity index (χ3n) is 3.36. The van der Waals surface area contributed by atoms with Crippen LogP contribution < -0.4 is 0 Å². The van der Waals surface area contributed by atoms with Gasteiger partial charge in [0.05, 0.1) is 13.0 Å². The summed E-state index contributed by atoms with van der Waals surface area (Å²) in [4.78, 5) is 11.0. The maximum atomic E-state index is 13.6. The Hall–Kier alpha value is -1.63. The average Bonchev–Trinajstić information content (AvgIpc) is 2.54. The third-order valence-corrected chi connectivity index (χ3v) is 3.36. The second kappa shape index (κ2) is 9.61. The number of carbonyl (C=O) groups excluding carboxylic acids is 1. The molecule has 0 aliphatic rings. The largest absolute Gasteiger partial charge is 0.466 e. The monoisotopic (exact) mass is 350 g/mol. The third kappa shape index (κ3) is 6.86. The van der Waals surface area contributed by atoms with Crippen LogP contribution in [0.15, 0.2) is 30.3 Å². The molecule has 0 atom stereocenters. The Bertz CT molecular complexity index is 492. The number of esters is 1. The first-order chi connectivity index (χ1) is 11.3. The van der Waals surface area contributed by atoms with E-state index in [4.69, 9.17) is 4.74 Å². The summed E-state index contributed by atoms with van der Waals surface area (Å²) < 4.78 is 63.4. The highest BCUT2D eigenvalue weighted by Gasteiger charge is 2.55. The van der Waals surface area contributed by atoms with E-state index in [1.54, 1.807) is 0 Å². The van der Waals surface area contributed by atoms with Gasteiger partial charge in [0, 0.05) is 13.0 Å². The van der Waals surface area contributed by atoms with E-state index in [0.29, 0.717) is 12.8 Å². The molecule has 0 heterocycles. The van der Waals surface area contributed by atoms with Gasteiger partial charge >= 0.3 is 17.8 Å². The lowest BCUT2D eigenvalue weighted by Crippen LogP contribution is -2.44. The van der Waals surface area contributed by atoms with E-state index in [0.717, 1.165) is 5.56 Å². The Balaban J connectivity index is 2.31. The van der Waals surface area contributed by atoms with Gasteiger partial charge < -0.3 is 9.47 Å². The van der Waals surface area contributed by atoms with Gasteiger partial charge in [0.2, 0.25) is 0 Å². The fraction of sp³-hybridized carbons (Fsp3) is 0.588. The molecule has 0 aromatic heterocycles. The summed E-state index contributed by atoms with van der Waals surface area (Å²) in [5, 5.41) is 0. The second-order valence-corrected chi connectivity index (χ2v) is 5.36. The van der Waals surface area contributed by atoms with Crippen LogP contribution in [-0.4, -0.2) is 37.6 Å². The Morgan fingerprint density at radius 1 is 1.08 bits per heavy atom. The molecule has 24 heavy (non-hydrogen) atoms. The molecule has 3 nitrogen and oxygen atoms in total. The molecule has 0 radical (unpaired) electrons. The van der Waals surface area contributed by atoms with E-state index < -0.39 is 37.3 Å². The average molecular weight is 350 g/mol. The Morgan fingerprint density at radius 3 is 2.38 bits per heavy atom. The van der Waals surface area contributed by atoms with Crippen LogP contribution in [0.5, 0.6) is 0 Å². The normalized spacial score (nSPS) is 12.2. The van der Waals surface area contributed by atoms with Crippen molar-refractivity contribution in [2.45, 2.75) is 44.5 Å². The summed E-state index contributed by atoms with van der Waals surface area (Å²) in [6.45, 7) is 0.106. The zero-order valence-electron chi connectivity index (χ0n) is 13.6. The number of carbonyl (C=O) groups is 1. The lowest BCUT2D eigenvalue weighted by Gasteiger charge is -2.26. The van der Waals surface area contributed by atoms with Crippen LogP contribution >= 0.6 is 0 Å². The predicted octanol–water partition coefficient (Wildman–Crippen LogP) is 4.25. The van der Waals surface area contributed by atoms with Crippen LogP contribution in [-0.2, 0) is 20.7 Å². The molecule has 0 saturated carbocycles. The van der Waals surface area contributed by atoms with Crippen LogP contribution in [0.3, 0.4) is 0 Å². The summed E-state index contributed by atoms with van der Waals surface area (Å²) >= 11 is 0. The minimum absolute atomic E-state index is 0.0192. The van der Waals surface area contributed by atoms with Crippen LogP contribution in [0.2, 0.25) is 0 Å². The van der Waals surface area contributed by atoms with Crippen molar-refractivity contribution in [2.75, 3.05) is 19.8 Å². The van der Waals surface area contributed by atoms with Crippen LogP contribution in [0.25, 0.3) is 0 Å². The summed E-state index contributed by atoms with van der Waals surface area (Å²) in [6.07, 6.45) is -0.962. The molecule has 136 valence electrons. The van der Waals surface area contributed by atoms with Gasteiger partial charge in [-0.05, 0) is 25.3 Å². The first kappa shape index (κ1) is 20.4. The van der Waals surface area contributed by atoms with Gasteiger partial charge in [-0.25, -0.2) is 0 Å². The maximum absolute atomic E-state index is 13.6. The molecule has 0 N–H and O–H groups in total. The van der Waals surface area contributed by atoms with Crippen molar-refractivity contribution in [3.8, 4) is 0 Å². The van der Waals surface area contributed by atoms with Crippen LogP contribution in [0, 0.1) is 0 Å². The lowest BCUT2D eigenvalue weighted by atomic mass is 10.1. The topological polar surface area (TPSA) is 35.5 Å². The van der Waals surface area contributed by atoms with Crippen LogP contribution in [0.4, 0.5) is 17.6 Å². The number of benzene rings is 1. The van der Waals surface area contributed by atoms with Gasteiger partial charge in [-0.1, -0.05) is 30.3 Å². The number of hydrogen-bond donors (Lipinski definition) is 0. The van der Waals surface area contributed by atoms with E-state index in [9.17, 15) is 22.4 Å². The Kier molecular flexibility index (Phi) is 8.18. The number of aryl methyl sites for hydroxylation is 1. The molecule has 0 spiro atoms. The Labute approximate surface area is 138 Å². The predicted molar refractivity (Wildman–Crippen MR) is 81.3 cm³/mol. The molecule has 0 amide bonds. The van der Waals surface area contributed by atoms with Gasteiger partial charge in [-0.15, -0.1) is 0 Å². The van der Waals surface area contributed by atoms with E-state index in [-0.39, 0.29) is 13.2 Å². The molecular formula is C17H22F4O3. The molecule has 0 unspecified atom stereocenters. The first-order valence-corrected chi connectivity index (χ1v) is 7.81. The van der Waals surface area contributed by atoms with Crippen molar-refractivity contribution in [3.63, 3.8) is 0 Å². The summed E-state index contributed by atoms with van der Waals surface area (Å²) in [6, 6.07) is 9.35. The molecule has 0 bridgehead atoms. The van der Waals surface area contributed by atoms with Crippen molar-refractivity contribution < 1.29 is 31.8 Å². The van der Waals surface area contributed by atoms with Crippen LogP contribution in [0.1, 0.15) is 31.7 Å². The highest BCUT2D eigenvalue weighted by molar-refractivity contribution is 5.69. The van der Waals surface area contributed by atoms with Gasteiger partial charge in [-0.3, -0.25) is 4.79 Å². The van der Waals surface area contributed by atoms with E-state index >= 15 is 0 Å². The van der Waals surface area contributed by atoms with Gasteiger partial charge in [-0.2, -0.15) is 17.6 Å². The fourth-order valence-corrected chi connectivity index (χ4v) is 2.00. The summed E-state index contributed by atoms with van der Waals surface area (Å²) in [5.74, 6) is -9.57. The quantitative estimate of drug-likeness (QED) is 0.340. The van der Waals surface area contributed by atoms with Gasteiger partial charge in [0.15, 0.2) is 0 Å². The summed E-state index contributed by atoms with van der Waals surface area (Å²) in [5.41, 5.74) is 1.02. The lowest BCUT2D eigenvalue weighted by molar-refractivity contribution is -0.235. The first-order valence-electron chi connectivity index (χ1n) is 7.81. The molecule has 1 aromatic rings. The molecule has 7 heteroatoms. The minimum atomic E-state index is -4.33. The number of alkyl halides is 4. The highest BCUT2D eigenvalue weighted by Crippen LogP contribution is 2.38. The molecule has 0 saturated heterocycles. The molecule has 1 aromatic carbocycles. The minimum Gasteiger partial charge on any atom is -0.466 e. The van der Waals surface area contributed by atoms with Crippen molar-refractivity contribution in [3.05, 3.63) is 35.9 Å². The highest BCUT2D eigenvalue weighted by atomic mass is 19.3. The van der Waals surface area contributed by atoms with E-state index in [1.165, 1.54) is 6.92 Å². The zero-order chi connectivity index (χ0) is 18.1. The SMILES string of the molecule is CCOC(=O)CCC(F)(F)C(F)(F)COCCCc1ccccc1. The van der Waals surface area contributed by atoms with Crippen molar-refractivity contribution >= 4 is 5.97 Å². The molecule has 0 aliphatic heterocycles. The van der Waals surface area contributed by atoms with E-state index in [1.807, 2.05) is 30.3 Å². The molecule has 0 aliphatic carbocycles. The van der Waals surface area contributed by atoms with Crippen molar-refractivity contribution in [2.24, 2.45) is 0 Å². The van der Waals surface area contributed by atoms with Gasteiger partial charge in [0.1, 0.15) is 6.61 Å². The number of ether oxygens (including phenoxy) is 2. The van der Waals surface area contributed by atoms with Crippen molar-refractivity contribution in [1.82, 2.24) is 0 Å². The number of rotatable bonds is 11.